The van der Waals surface area contributed by atoms with E-state index in [1.165, 1.54) is 0 Å². The lowest BCUT2D eigenvalue weighted by Crippen LogP contribution is -2.46. The molecule has 3 rings (SSSR count). The quantitative estimate of drug-likeness (QED) is 0.284. The summed E-state index contributed by atoms with van der Waals surface area (Å²) in [5.41, 5.74) is 0. The zero-order chi connectivity index (χ0) is 15.1. The molecule has 1 N–H and O–H groups in total. The van der Waals surface area contributed by atoms with Crippen LogP contribution in [0, 0.1) is 11.8 Å². The van der Waals surface area contributed by atoms with Crippen LogP contribution < -0.4 is 0 Å². The number of carbonyl (C=O) groups is 3. The van der Waals surface area contributed by atoms with Crippen molar-refractivity contribution in [3.05, 3.63) is 12.7 Å². The first-order chi connectivity index (χ1) is 10.0. The van der Waals surface area contributed by atoms with Gasteiger partial charge in [0.2, 0.25) is 0 Å². The van der Waals surface area contributed by atoms with Crippen LogP contribution in [0.3, 0.4) is 0 Å². The maximum Gasteiger partial charge on any atom is 0.330 e. The Morgan fingerprint density at radius 1 is 1.24 bits per heavy atom. The lowest BCUT2D eigenvalue weighted by Gasteiger charge is -2.23. The topological polar surface area (TPSA) is 108 Å². The first-order valence-electron chi connectivity index (χ1n) is 6.54. The fourth-order valence-corrected chi connectivity index (χ4v) is 3.07. The molecule has 0 spiro atoms. The maximum absolute atomic E-state index is 12.0. The van der Waals surface area contributed by atoms with Gasteiger partial charge >= 0.3 is 17.9 Å². The molecule has 0 radical (unpaired) electrons. The summed E-state index contributed by atoms with van der Waals surface area (Å²) in [6.07, 6.45) is -2.09. The first kappa shape index (κ1) is 14.0. The van der Waals surface area contributed by atoms with Gasteiger partial charge in [-0.1, -0.05) is 6.58 Å². The Balaban J connectivity index is 1.57. The number of hydrogen-bond acceptors (Lipinski definition) is 8. The number of esters is 3. The summed E-state index contributed by atoms with van der Waals surface area (Å²) >= 11 is 0. The van der Waals surface area contributed by atoms with Gasteiger partial charge in [0.1, 0.15) is 43.4 Å². The molecule has 0 saturated carbocycles. The molecule has 0 aliphatic carbocycles. The van der Waals surface area contributed by atoms with E-state index in [2.05, 4.69) is 11.3 Å². The monoisotopic (exact) mass is 298 g/mol. The van der Waals surface area contributed by atoms with E-state index in [-0.39, 0.29) is 13.2 Å². The van der Waals surface area contributed by atoms with Crippen molar-refractivity contribution < 1.29 is 38.4 Å². The van der Waals surface area contributed by atoms with Crippen molar-refractivity contribution in [3.8, 4) is 0 Å². The van der Waals surface area contributed by atoms with Gasteiger partial charge in [-0.2, -0.15) is 0 Å². The van der Waals surface area contributed by atoms with Crippen molar-refractivity contribution in [2.75, 3.05) is 13.2 Å². The fraction of sp³-hybridized carbons (Fsp3) is 0.615. The Labute approximate surface area is 119 Å². The smallest absolute Gasteiger partial charge is 0.330 e. The summed E-state index contributed by atoms with van der Waals surface area (Å²) in [5, 5.41) is 9.93. The minimum absolute atomic E-state index is 0.113. The predicted molar refractivity (Wildman–Crippen MR) is 63.6 cm³/mol. The molecular formula is C13H14O8. The molecular weight excluding hydrogens is 284 g/mol. The third kappa shape index (κ3) is 2.11. The molecule has 0 aromatic heterocycles. The Bertz CT molecular complexity index is 500. The molecule has 6 unspecified atom stereocenters. The van der Waals surface area contributed by atoms with E-state index in [0.29, 0.717) is 0 Å². The van der Waals surface area contributed by atoms with Crippen LogP contribution in [0.25, 0.3) is 0 Å². The third-order valence-electron chi connectivity index (χ3n) is 3.94. The van der Waals surface area contributed by atoms with Gasteiger partial charge in [0, 0.05) is 6.08 Å². The average molecular weight is 298 g/mol. The molecule has 3 heterocycles. The van der Waals surface area contributed by atoms with Crippen LogP contribution in [-0.4, -0.2) is 60.6 Å². The molecule has 2 bridgehead atoms. The highest BCUT2D eigenvalue weighted by Crippen LogP contribution is 2.50. The molecule has 0 aromatic carbocycles. The summed E-state index contributed by atoms with van der Waals surface area (Å²) in [6.45, 7) is 2.97. The van der Waals surface area contributed by atoms with E-state index in [0.717, 1.165) is 6.08 Å². The average Bonchev–Trinajstić information content (AvgIpc) is 3.07. The second-order valence-corrected chi connectivity index (χ2v) is 5.05. The van der Waals surface area contributed by atoms with Gasteiger partial charge in [-0.3, -0.25) is 9.59 Å². The minimum Gasteiger partial charge on any atom is -0.462 e. The van der Waals surface area contributed by atoms with Gasteiger partial charge in [0.25, 0.3) is 0 Å². The van der Waals surface area contributed by atoms with Crippen molar-refractivity contribution in [1.29, 1.82) is 0 Å². The number of rotatable bonds is 5. The number of aliphatic hydroxyl groups is 1. The van der Waals surface area contributed by atoms with Crippen molar-refractivity contribution in [2.45, 2.75) is 24.4 Å². The van der Waals surface area contributed by atoms with Gasteiger partial charge < -0.3 is 24.1 Å². The molecule has 8 nitrogen and oxygen atoms in total. The van der Waals surface area contributed by atoms with Crippen LogP contribution in [0.1, 0.15) is 0 Å². The van der Waals surface area contributed by atoms with Gasteiger partial charge in [-0.15, -0.1) is 0 Å². The van der Waals surface area contributed by atoms with E-state index < -0.39 is 54.2 Å². The molecule has 3 aliphatic heterocycles. The van der Waals surface area contributed by atoms with E-state index in [1.54, 1.807) is 0 Å². The lowest BCUT2D eigenvalue weighted by atomic mass is 9.78. The summed E-state index contributed by atoms with van der Waals surface area (Å²) in [4.78, 5) is 34.6. The van der Waals surface area contributed by atoms with Crippen molar-refractivity contribution in [3.63, 3.8) is 0 Å². The second-order valence-electron chi connectivity index (χ2n) is 5.05. The van der Waals surface area contributed by atoms with Crippen LogP contribution in [-0.2, 0) is 33.3 Å². The van der Waals surface area contributed by atoms with Gasteiger partial charge in [0.15, 0.2) is 6.10 Å². The highest BCUT2D eigenvalue weighted by Gasteiger charge is 2.70. The van der Waals surface area contributed by atoms with E-state index in [9.17, 15) is 19.5 Å². The summed E-state index contributed by atoms with van der Waals surface area (Å²) < 4.78 is 20.1. The largest absolute Gasteiger partial charge is 0.462 e. The Morgan fingerprint density at radius 3 is 2.67 bits per heavy atom. The van der Waals surface area contributed by atoms with Crippen LogP contribution in [0.5, 0.6) is 0 Å². The number of carbonyl (C=O) groups excluding carboxylic acids is 3. The fourth-order valence-electron chi connectivity index (χ4n) is 3.07. The summed E-state index contributed by atoms with van der Waals surface area (Å²) in [5.74, 6) is -3.45. The number of ether oxygens (including phenoxy) is 4. The lowest BCUT2D eigenvalue weighted by molar-refractivity contribution is -0.158. The normalized spacial score (nSPS) is 39.0. The molecule has 0 aromatic rings. The van der Waals surface area contributed by atoms with Crippen molar-refractivity contribution in [2.24, 2.45) is 11.8 Å². The standard InChI is InChI=1S/C13H14O8/c1-2-5(14)18-3-4-19-12(16)6-7-10-11(21-13(7)17)8(15)9(6)20-10/h2,6-11,15H,1,3-4H2. The van der Waals surface area contributed by atoms with Gasteiger partial charge in [-0.05, 0) is 0 Å². The molecule has 3 aliphatic rings. The molecule has 6 atom stereocenters. The highest BCUT2D eigenvalue weighted by atomic mass is 16.6. The molecule has 114 valence electrons. The van der Waals surface area contributed by atoms with E-state index in [4.69, 9.17) is 14.2 Å². The first-order valence-corrected chi connectivity index (χ1v) is 6.54. The molecule has 8 heteroatoms. The van der Waals surface area contributed by atoms with Gasteiger partial charge in [-0.25, -0.2) is 4.79 Å². The zero-order valence-electron chi connectivity index (χ0n) is 11.0. The van der Waals surface area contributed by atoms with Crippen molar-refractivity contribution in [1.82, 2.24) is 0 Å². The van der Waals surface area contributed by atoms with Gasteiger partial charge in [0.05, 0.1) is 0 Å². The minimum atomic E-state index is -1.02. The summed E-state index contributed by atoms with van der Waals surface area (Å²) in [6, 6.07) is 0. The van der Waals surface area contributed by atoms with Crippen LogP contribution >= 0.6 is 0 Å². The maximum atomic E-state index is 12.0. The Morgan fingerprint density at radius 2 is 1.95 bits per heavy atom. The molecule has 0 amide bonds. The number of hydrogen-bond donors (Lipinski definition) is 1. The second kappa shape index (κ2) is 5.12. The summed E-state index contributed by atoms with van der Waals surface area (Å²) in [7, 11) is 0. The van der Waals surface area contributed by atoms with E-state index >= 15 is 0 Å². The van der Waals surface area contributed by atoms with Crippen LogP contribution in [0.15, 0.2) is 12.7 Å². The SMILES string of the molecule is C=CC(=O)OCCOC(=O)C1C2OC3C(OC(=O)C31)C2O. The van der Waals surface area contributed by atoms with E-state index in [1.807, 2.05) is 0 Å². The van der Waals surface area contributed by atoms with Crippen molar-refractivity contribution >= 4 is 17.9 Å². The molecule has 3 saturated heterocycles. The highest BCUT2D eigenvalue weighted by molar-refractivity contribution is 5.86. The third-order valence-corrected chi connectivity index (χ3v) is 3.94. The Hall–Kier alpha value is -1.93. The number of fused-ring (bicyclic) bond motifs is 1. The predicted octanol–water partition coefficient (Wildman–Crippen LogP) is -1.44. The molecule has 21 heavy (non-hydrogen) atoms. The number of aliphatic hydroxyl groups excluding tert-OH is 1. The zero-order valence-corrected chi connectivity index (χ0v) is 11.0. The molecule has 3 fully saturated rings. The van der Waals surface area contributed by atoms with Crippen LogP contribution in [0.2, 0.25) is 0 Å². The van der Waals surface area contributed by atoms with Crippen LogP contribution in [0.4, 0.5) is 0 Å². The Kier molecular flexibility index (Phi) is 3.42.